The summed E-state index contributed by atoms with van der Waals surface area (Å²) in [5.41, 5.74) is 1.18. The van der Waals surface area contributed by atoms with E-state index in [2.05, 4.69) is 9.88 Å². The number of hydrogen-bond donors (Lipinski definition) is 1. The third-order valence-electron chi connectivity index (χ3n) is 2.44. The normalized spacial score (nSPS) is 22.3. The molecule has 0 spiro atoms. The van der Waals surface area contributed by atoms with Gasteiger partial charge in [0.05, 0.1) is 6.10 Å². The van der Waals surface area contributed by atoms with E-state index in [1.165, 1.54) is 5.56 Å². The zero-order chi connectivity index (χ0) is 9.26. The molecule has 1 N–H and O–H groups in total. The van der Waals surface area contributed by atoms with Gasteiger partial charge in [0, 0.05) is 19.3 Å². The van der Waals surface area contributed by atoms with E-state index >= 15 is 0 Å². The van der Waals surface area contributed by atoms with Crippen LogP contribution in [-0.4, -0.2) is 29.3 Å². The van der Waals surface area contributed by atoms with Gasteiger partial charge in [0.1, 0.15) is 5.82 Å². The zero-order valence-electron chi connectivity index (χ0n) is 7.77. The van der Waals surface area contributed by atoms with Gasteiger partial charge in [-0.05, 0) is 25.0 Å². The zero-order valence-corrected chi connectivity index (χ0v) is 7.77. The number of β-amino-alcohol motifs (C(OH)–C–C–N with tert-alkyl or cyclic N) is 1. The number of aliphatic hydroxyl groups excluding tert-OH is 1. The summed E-state index contributed by atoms with van der Waals surface area (Å²) in [6.45, 7) is 3.68. The van der Waals surface area contributed by atoms with E-state index < -0.39 is 0 Å². The molecule has 1 fully saturated rings. The molecule has 0 radical (unpaired) electrons. The van der Waals surface area contributed by atoms with Crippen molar-refractivity contribution in [3.8, 4) is 0 Å². The van der Waals surface area contributed by atoms with Crippen molar-refractivity contribution < 1.29 is 5.11 Å². The van der Waals surface area contributed by atoms with Crippen molar-refractivity contribution in [2.24, 2.45) is 0 Å². The summed E-state index contributed by atoms with van der Waals surface area (Å²) < 4.78 is 0. The Morgan fingerprint density at radius 1 is 1.62 bits per heavy atom. The lowest BCUT2D eigenvalue weighted by molar-refractivity contribution is 0.198. The van der Waals surface area contributed by atoms with Crippen LogP contribution in [0.5, 0.6) is 0 Å². The molecule has 1 aromatic rings. The van der Waals surface area contributed by atoms with Gasteiger partial charge in [-0.2, -0.15) is 0 Å². The molecule has 13 heavy (non-hydrogen) atoms. The topological polar surface area (TPSA) is 36.4 Å². The summed E-state index contributed by atoms with van der Waals surface area (Å²) >= 11 is 0. The number of anilines is 1. The molecule has 3 heteroatoms. The molecule has 2 rings (SSSR count). The van der Waals surface area contributed by atoms with Crippen LogP contribution in [0.1, 0.15) is 12.0 Å². The van der Waals surface area contributed by atoms with E-state index in [-0.39, 0.29) is 6.10 Å². The van der Waals surface area contributed by atoms with Crippen molar-refractivity contribution in [1.29, 1.82) is 0 Å². The van der Waals surface area contributed by atoms with Crippen LogP contribution in [0.25, 0.3) is 0 Å². The predicted molar refractivity (Wildman–Crippen MR) is 51.8 cm³/mol. The fraction of sp³-hybridized carbons (Fsp3) is 0.500. The van der Waals surface area contributed by atoms with Gasteiger partial charge in [0.15, 0.2) is 0 Å². The first-order valence-corrected chi connectivity index (χ1v) is 4.62. The van der Waals surface area contributed by atoms with Crippen LogP contribution in [0.4, 0.5) is 5.82 Å². The smallest absolute Gasteiger partial charge is 0.131 e. The average Bonchev–Trinajstić information content (AvgIpc) is 2.53. The maximum atomic E-state index is 9.38. The van der Waals surface area contributed by atoms with Crippen LogP contribution in [0, 0.1) is 6.92 Å². The number of aliphatic hydroxyl groups is 1. The van der Waals surface area contributed by atoms with Gasteiger partial charge >= 0.3 is 0 Å². The van der Waals surface area contributed by atoms with Gasteiger partial charge < -0.3 is 10.0 Å². The molecule has 0 aliphatic carbocycles. The van der Waals surface area contributed by atoms with Gasteiger partial charge in [-0.15, -0.1) is 0 Å². The molecule has 1 atom stereocenters. The molecule has 70 valence electrons. The minimum absolute atomic E-state index is 0.179. The number of aryl methyl sites for hydroxylation is 1. The minimum atomic E-state index is -0.179. The standard InChI is InChI=1S/C10H14N2O/c1-8-3-2-5-11-10(8)12-6-4-9(13)7-12/h2-3,5,9,13H,4,6-7H2,1H3. The van der Waals surface area contributed by atoms with Crippen LogP contribution in [0.3, 0.4) is 0 Å². The summed E-state index contributed by atoms with van der Waals surface area (Å²) in [5, 5.41) is 9.38. The van der Waals surface area contributed by atoms with E-state index in [0.717, 1.165) is 25.3 Å². The fourth-order valence-electron chi connectivity index (χ4n) is 1.74. The van der Waals surface area contributed by atoms with Gasteiger partial charge in [0.2, 0.25) is 0 Å². The predicted octanol–water partition coefficient (Wildman–Crippen LogP) is 0.961. The van der Waals surface area contributed by atoms with E-state index in [1.54, 1.807) is 6.20 Å². The Morgan fingerprint density at radius 2 is 2.46 bits per heavy atom. The SMILES string of the molecule is Cc1cccnc1N1CCC(O)C1. The lowest BCUT2D eigenvalue weighted by atomic mass is 10.3. The molecule has 1 aromatic heterocycles. The van der Waals surface area contributed by atoms with E-state index in [9.17, 15) is 5.11 Å². The van der Waals surface area contributed by atoms with Gasteiger partial charge in [0.25, 0.3) is 0 Å². The Morgan fingerprint density at radius 3 is 3.08 bits per heavy atom. The Labute approximate surface area is 78.0 Å². The first kappa shape index (κ1) is 8.51. The van der Waals surface area contributed by atoms with Crippen molar-refractivity contribution in [3.05, 3.63) is 23.9 Å². The van der Waals surface area contributed by atoms with Crippen molar-refractivity contribution in [1.82, 2.24) is 4.98 Å². The number of aromatic nitrogens is 1. The molecular formula is C10H14N2O. The largest absolute Gasteiger partial charge is 0.391 e. The van der Waals surface area contributed by atoms with Crippen LogP contribution in [0.2, 0.25) is 0 Å². The molecule has 0 amide bonds. The molecule has 1 unspecified atom stereocenters. The maximum absolute atomic E-state index is 9.38. The molecule has 0 bridgehead atoms. The minimum Gasteiger partial charge on any atom is -0.391 e. The Kier molecular flexibility index (Phi) is 2.19. The summed E-state index contributed by atoms with van der Waals surface area (Å²) in [7, 11) is 0. The number of nitrogens with zero attached hydrogens (tertiary/aromatic N) is 2. The van der Waals surface area contributed by atoms with Crippen molar-refractivity contribution in [3.63, 3.8) is 0 Å². The second-order valence-electron chi connectivity index (χ2n) is 3.53. The highest BCUT2D eigenvalue weighted by Crippen LogP contribution is 2.20. The summed E-state index contributed by atoms with van der Waals surface area (Å²) in [6.07, 6.45) is 2.48. The first-order valence-electron chi connectivity index (χ1n) is 4.62. The molecular weight excluding hydrogens is 164 g/mol. The van der Waals surface area contributed by atoms with Gasteiger partial charge in [-0.3, -0.25) is 0 Å². The molecule has 1 aliphatic heterocycles. The fourth-order valence-corrected chi connectivity index (χ4v) is 1.74. The van der Waals surface area contributed by atoms with Gasteiger partial charge in [-0.25, -0.2) is 4.98 Å². The molecule has 3 nitrogen and oxygen atoms in total. The van der Waals surface area contributed by atoms with E-state index in [4.69, 9.17) is 0 Å². The second kappa shape index (κ2) is 3.34. The highest BCUT2D eigenvalue weighted by molar-refractivity contribution is 5.46. The van der Waals surface area contributed by atoms with Crippen molar-refractivity contribution in [2.75, 3.05) is 18.0 Å². The first-order chi connectivity index (χ1) is 6.27. The molecule has 1 saturated heterocycles. The third kappa shape index (κ3) is 1.65. The van der Waals surface area contributed by atoms with Crippen LogP contribution >= 0.6 is 0 Å². The quantitative estimate of drug-likeness (QED) is 0.696. The lowest BCUT2D eigenvalue weighted by Crippen LogP contribution is -2.22. The van der Waals surface area contributed by atoms with Gasteiger partial charge in [-0.1, -0.05) is 6.07 Å². The summed E-state index contributed by atoms with van der Waals surface area (Å²) in [5.74, 6) is 1.01. The maximum Gasteiger partial charge on any atom is 0.131 e. The number of hydrogen-bond acceptors (Lipinski definition) is 3. The van der Waals surface area contributed by atoms with Crippen molar-refractivity contribution in [2.45, 2.75) is 19.4 Å². The number of pyridine rings is 1. The summed E-state index contributed by atoms with van der Waals surface area (Å²) in [6, 6.07) is 3.98. The lowest BCUT2D eigenvalue weighted by Gasteiger charge is -2.18. The Hall–Kier alpha value is -1.09. The Balaban J connectivity index is 2.21. The second-order valence-corrected chi connectivity index (χ2v) is 3.53. The molecule has 0 aromatic carbocycles. The van der Waals surface area contributed by atoms with Crippen LogP contribution in [-0.2, 0) is 0 Å². The third-order valence-corrected chi connectivity index (χ3v) is 2.44. The van der Waals surface area contributed by atoms with Crippen LogP contribution < -0.4 is 4.90 Å². The number of rotatable bonds is 1. The van der Waals surface area contributed by atoms with Crippen LogP contribution in [0.15, 0.2) is 18.3 Å². The molecule has 1 aliphatic rings. The Bertz CT molecular complexity index is 301. The highest BCUT2D eigenvalue weighted by Gasteiger charge is 2.21. The van der Waals surface area contributed by atoms with Crippen molar-refractivity contribution >= 4 is 5.82 Å². The van der Waals surface area contributed by atoms with E-state index in [0.29, 0.717) is 0 Å². The monoisotopic (exact) mass is 178 g/mol. The highest BCUT2D eigenvalue weighted by atomic mass is 16.3. The molecule has 2 heterocycles. The summed E-state index contributed by atoms with van der Waals surface area (Å²) in [4.78, 5) is 6.45. The van der Waals surface area contributed by atoms with E-state index in [1.807, 2.05) is 19.1 Å². The molecule has 0 saturated carbocycles. The average molecular weight is 178 g/mol.